The highest BCUT2D eigenvalue weighted by Crippen LogP contribution is 2.25. The van der Waals surface area contributed by atoms with E-state index in [1.54, 1.807) is 0 Å². The van der Waals surface area contributed by atoms with Crippen LogP contribution in [0.1, 0.15) is 28.2 Å². The van der Waals surface area contributed by atoms with Crippen molar-refractivity contribution in [3.63, 3.8) is 0 Å². The Morgan fingerprint density at radius 2 is 1.81 bits per heavy atom. The van der Waals surface area contributed by atoms with E-state index in [0.717, 1.165) is 16.7 Å². The summed E-state index contributed by atoms with van der Waals surface area (Å²) < 4.78 is 4.78. The number of nitrogens with two attached hydrogens (primary N) is 1. The van der Waals surface area contributed by atoms with E-state index in [0.29, 0.717) is 0 Å². The van der Waals surface area contributed by atoms with Gasteiger partial charge in [-0.05, 0) is 37.5 Å². The van der Waals surface area contributed by atoms with Crippen molar-refractivity contribution < 1.29 is 9.53 Å². The summed E-state index contributed by atoms with van der Waals surface area (Å²) in [6.45, 7) is 6.32. The number of carbonyl (C=O) groups is 1. The molecule has 0 saturated carbocycles. The van der Waals surface area contributed by atoms with Crippen molar-refractivity contribution in [2.75, 3.05) is 13.7 Å². The number of carbonyl (C=O) groups excluding carboxylic acids is 1. The van der Waals surface area contributed by atoms with Gasteiger partial charge in [0, 0.05) is 6.54 Å². The first-order valence-corrected chi connectivity index (χ1v) is 5.37. The van der Waals surface area contributed by atoms with Crippen molar-refractivity contribution in [2.24, 2.45) is 5.73 Å². The van der Waals surface area contributed by atoms with Crippen LogP contribution in [-0.4, -0.2) is 19.6 Å². The normalized spacial score (nSPS) is 12.3. The molecule has 3 nitrogen and oxygen atoms in total. The van der Waals surface area contributed by atoms with Crippen molar-refractivity contribution in [1.29, 1.82) is 0 Å². The molecule has 2 N–H and O–H groups in total. The molecule has 1 atom stereocenters. The van der Waals surface area contributed by atoms with Crippen LogP contribution in [0.2, 0.25) is 0 Å². The van der Waals surface area contributed by atoms with Crippen LogP contribution in [0.5, 0.6) is 0 Å². The monoisotopic (exact) mass is 221 g/mol. The Hall–Kier alpha value is -1.35. The van der Waals surface area contributed by atoms with Gasteiger partial charge < -0.3 is 10.5 Å². The Morgan fingerprint density at radius 3 is 2.19 bits per heavy atom. The van der Waals surface area contributed by atoms with Crippen molar-refractivity contribution in [3.05, 3.63) is 34.4 Å². The first-order chi connectivity index (χ1) is 7.51. The van der Waals surface area contributed by atoms with Gasteiger partial charge in [-0.1, -0.05) is 17.7 Å². The molecule has 1 aromatic rings. The van der Waals surface area contributed by atoms with E-state index in [2.05, 4.69) is 12.1 Å². The lowest BCUT2D eigenvalue weighted by Crippen LogP contribution is -2.24. The van der Waals surface area contributed by atoms with Gasteiger partial charge in [-0.25, -0.2) is 0 Å². The molecule has 0 aliphatic rings. The van der Waals surface area contributed by atoms with Gasteiger partial charge in [0.25, 0.3) is 0 Å². The zero-order chi connectivity index (χ0) is 12.3. The molecular weight excluding hydrogens is 202 g/mol. The number of hydrogen-bond acceptors (Lipinski definition) is 3. The fourth-order valence-corrected chi connectivity index (χ4v) is 2.22. The molecule has 0 fully saturated rings. The predicted molar refractivity (Wildman–Crippen MR) is 64.5 cm³/mol. The van der Waals surface area contributed by atoms with E-state index >= 15 is 0 Å². The Bertz CT molecular complexity index is 376. The zero-order valence-corrected chi connectivity index (χ0v) is 10.3. The summed E-state index contributed by atoms with van der Waals surface area (Å²) in [5.74, 6) is -0.622. The van der Waals surface area contributed by atoms with Crippen LogP contribution in [0.25, 0.3) is 0 Å². The smallest absolute Gasteiger partial charge is 0.314 e. The summed E-state index contributed by atoms with van der Waals surface area (Å²) >= 11 is 0. The van der Waals surface area contributed by atoms with E-state index in [1.807, 2.05) is 20.8 Å². The quantitative estimate of drug-likeness (QED) is 0.792. The molecule has 0 bridgehead atoms. The highest BCUT2D eigenvalue weighted by atomic mass is 16.5. The minimum Gasteiger partial charge on any atom is -0.469 e. The number of ether oxygens (including phenoxy) is 1. The van der Waals surface area contributed by atoms with Crippen molar-refractivity contribution >= 4 is 5.97 Å². The molecule has 0 aromatic heterocycles. The number of aryl methyl sites for hydroxylation is 3. The third-order valence-corrected chi connectivity index (χ3v) is 2.81. The van der Waals surface area contributed by atoms with Gasteiger partial charge in [0.05, 0.1) is 13.0 Å². The average Bonchev–Trinajstić information content (AvgIpc) is 2.22. The Kier molecular flexibility index (Phi) is 4.07. The standard InChI is InChI=1S/C13H19NO2/c1-8-5-9(2)12(10(3)6-8)11(7-14)13(15)16-4/h5-6,11H,7,14H2,1-4H3. The SMILES string of the molecule is COC(=O)C(CN)c1c(C)cc(C)cc1C. The molecule has 16 heavy (non-hydrogen) atoms. The summed E-state index contributed by atoms with van der Waals surface area (Å²) in [7, 11) is 1.39. The fraction of sp³-hybridized carbons (Fsp3) is 0.462. The summed E-state index contributed by atoms with van der Waals surface area (Å²) in [6.07, 6.45) is 0. The molecule has 1 aromatic carbocycles. The van der Waals surface area contributed by atoms with Gasteiger partial charge in [0.15, 0.2) is 0 Å². The fourth-order valence-electron chi connectivity index (χ4n) is 2.22. The molecule has 0 heterocycles. The first-order valence-electron chi connectivity index (χ1n) is 5.37. The number of rotatable bonds is 3. The van der Waals surface area contributed by atoms with Crippen molar-refractivity contribution in [3.8, 4) is 0 Å². The van der Waals surface area contributed by atoms with E-state index < -0.39 is 0 Å². The third kappa shape index (κ3) is 2.42. The lowest BCUT2D eigenvalue weighted by molar-refractivity contribution is -0.142. The molecule has 0 spiro atoms. The predicted octanol–water partition coefficient (Wildman–Crippen LogP) is 1.83. The van der Waals surface area contributed by atoms with Crippen LogP contribution in [0, 0.1) is 20.8 Å². The number of methoxy groups -OCH3 is 1. The van der Waals surface area contributed by atoms with E-state index in [4.69, 9.17) is 10.5 Å². The van der Waals surface area contributed by atoms with Gasteiger partial charge in [-0.2, -0.15) is 0 Å². The number of esters is 1. The van der Waals surface area contributed by atoms with E-state index in [1.165, 1.54) is 12.7 Å². The van der Waals surface area contributed by atoms with E-state index in [9.17, 15) is 4.79 Å². The maximum atomic E-state index is 11.6. The lowest BCUT2D eigenvalue weighted by Gasteiger charge is -2.18. The van der Waals surface area contributed by atoms with Crippen LogP contribution in [0.15, 0.2) is 12.1 Å². The van der Waals surface area contributed by atoms with Crippen LogP contribution in [-0.2, 0) is 9.53 Å². The van der Waals surface area contributed by atoms with Gasteiger partial charge in [0.1, 0.15) is 0 Å². The molecule has 0 aliphatic heterocycles. The lowest BCUT2D eigenvalue weighted by atomic mass is 9.89. The second kappa shape index (κ2) is 5.12. The number of hydrogen-bond donors (Lipinski definition) is 1. The topological polar surface area (TPSA) is 52.3 Å². The molecule has 0 amide bonds. The highest BCUT2D eigenvalue weighted by molar-refractivity contribution is 5.79. The molecule has 88 valence electrons. The van der Waals surface area contributed by atoms with Crippen molar-refractivity contribution in [2.45, 2.75) is 26.7 Å². The Balaban J connectivity index is 3.25. The van der Waals surface area contributed by atoms with Crippen LogP contribution < -0.4 is 5.73 Å². The van der Waals surface area contributed by atoms with Gasteiger partial charge in [-0.3, -0.25) is 4.79 Å². The van der Waals surface area contributed by atoms with Crippen LogP contribution in [0.3, 0.4) is 0 Å². The average molecular weight is 221 g/mol. The minimum absolute atomic E-state index is 0.266. The molecule has 1 rings (SSSR count). The van der Waals surface area contributed by atoms with Crippen LogP contribution in [0.4, 0.5) is 0 Å². The highest BCUT2D eigenvalue weighted by Gasteiger charge is 2.23. The second-order valence-corrected chi connectivity index (χ2v) is 4.12. The van der Waals surface area contributed by atoms with Gasteiger partial charge >= 0.3 is 5.97 Å². The summed E-state index contributed by atoms with van der Waals surface area (Å²) in [6, 6.07) is 4.13. The van der Waals surface area contributed by atoms with Gasteiger partial charge in [-0.15, -0.1) is 0 Å². The number of benzene rings is 1. The maximum Gasteiger partial charge on any atom is 0.314 e. The molecule has 3 heteroatoms. The molecule has 1 unspecified atom stereocenters. The van der Waals surface area contributed by atoms with Gasteiger partial charge in [0.2, 0.25) is 0 Å². The molecule has 0 aliphatic carbocycles. The van der Waals surface area contributed by atoms with Crippen molar-refractivity contribution in [1.82, 2.24) is 0 Å². The maximum absolute atomic E-state index is 11.6. The Labute approximate surface area is 96.6 Å². The third-order valence-electron chi connectivity index (χ3n) is 2.81. The first kappa shape index (κ1) is 12.7. The summed E-state index contributed by atoms with van der Waals surface area (Å²) in [5.41, 5.74) is 10.0. The molecular formula is C13H19NO2. The minimum atomic E-state index is -0.356. The second-order valence-electron chi connectivity index (χ2n) is 4.12. The summed E-state index contributed by atoms with van der Waals surface area (Å²) in [4.78, 5) is 11.6. The Morgan fingerprint density at radius 1 is 1.31 bits per heavy atom. The van der Waals surface area contributed by atoms with Crippen LogP contribution >= 0.6 is 0 Å². The molecule has 0 radical (unpaired) electrons. The summed E-state index contributed by atoms with van der Waals surface area (Å²) in [5, 5.41) is 0. The zero-order valence-electron chi connectivity index (χ0n) is 10.3. The largest absolute Gasteiger partial charge is 0.469 e. The molecule has 0 saturated heterocycles. The van der Waals surface area contributed by atoms with E-state index in [-0.39, 0.29) is 18.4 Å².